The molecule has 0 radical (unpaired) electrons. The average Bonchev–Trinajstić information content (AvgIpc) is 2.25. The largest absolute Gasteiger partial charge is 0.389 e. The van der Waals surface area contributed by atoms with Crippen LogP contribution in [-0.2, 0) is 4.79 Å². The molecule has 17 heavy (non-hydrogen) atoms. The molecule has 2 unspecified atom stereocenters. The first-order valence-corrected chi connectivity index (χ1v) is 5.93. The smallest absolute Gasteiger partial charge is 0.356 e. The molecule has 0 bridgehead atoms. The quantitative estimate of drug-likeness (QED) is 0.801. The normalized spacial score (nSPS) is 25.6. The lowest BCUT2D eigenvalue weighted by molar-refractivity contribution is -0.144. The van der Waals surface area contributed by atoms with E-state index in [0.29, 0.717) is 18.5 Å². The van der Waals surface area contributed by atoms with Gasteiger partial charge < -0.3 is 10.6 Å². The zero-order valence-electron chi connectivity index (χ0n) is 9.94. The standard InChI is InChI=1S/C11H19F3N2O/c1-8-2-3-9(6-15-8)7-16-10(17)4-5-11(12,13)14/h8-9,15H,2-7H2,1H3,(H,16,17). The molecule has 0 aliphatic carbocycles. The predicted octanol–water partition coefficient (Wildman–Crippen LogP) is 1.83. The Bertz CT molecular complexity index is 248. The molecule has 1 amide bonds. The van der Waals surface area contributed by atoms with Crippen molar-refractivity contribution in [2.45, 2.75) is 44.8 Å². The van der Waals surface area contributed by atoms with Crippen LogP contribution in [-0.4, -0.2) is 31.2 Å². The maximum Gasteiger partial charge on any atom is 0.389 e. The summed E-state index contributed by atoms with van der Waals surface area (Å²) in [6.07, 6.45) is -3.71. The highest BCUT2D eigenvalue weighted by Gasteiger charge is 2.28. The molecule has 0 aromatic heterocycles. The second kappa shape index (κ2) is 6.23. The Morgan fingerprint density at radius 1 is 1.41 bits per heavy atom. The SMILES string of the molecule is CC1CCC(CNC(=O)CCC(F)(F)F)CN1. The molecule has 0 spiro atoms. The number of halogens is 3. The molecule has 1 aliphatic rings. The van der Waals surface area contributed by atoms with Crippen molar-refractivity contribution < 1.29 is 18.0 Å². The first-order chi connectivity index (χ1) is 7.87. The van der Waals surface area contributed by atoms with Gasteiger partial charge >= 0.3 is 6.18 Å². The third-order valence-electron chi connectivity index (χ3n) is 2.99. The van der Waals surface area contributed by atoms with Gasteiger partial charge in [-0.05, 0) is 32.2 Å². The topological polar surface area (TPSA) is 41.1 Å². The highest BCUT2D eigenvalue weighted by Crippen LogP contribution is 2.21. The zero-order chi connectivity index (χ0) is 12.9. The van der Waals surface area contributed by atoms with Crippen LogP contribution in [0.5, 0.6) is 0 Å². The first kappa shape index (κ1) is 14.3. The van der Waals surface area contributed by atoms with E-state index in [-0.39, 0.29) is 0 Å². The predicted molar refractivity (Wildman–Crippen MR) is 58.5 cm³/mol. The van der Waals surface area contributed by atoms with Crippen LogP contribution in [0.2, 0.25) is 0 Å². The number of rotatable bonds is 4. The van der Waals surface area contributed by atoms with Gasteiger partial charge in [0, 0.05) is 19.0 Å². The van der Waals surface area contributed by atoms with E-state index in [9.17, 15) is 18.0 Å². The van der Waals surface area contributed by atoms with Crippen molar-refractivity contribution in [3.8, 4) is 0 Å². The molecule has 0 aromatic carbocycles. The van der Waals surface area contributed by atoms with E-state index in [1.54, 1.807) is 0 Å². The maximum absolute atomic E-state index is 11.9. The molecular formula is C11H19F3N2O. The lowest BCUT2D eigenvalue weighted by Crippen LogP contribution is -2.42. The number of hydrogen-bond acceptors (Lipinski definition) is 2. The second-order valence-electron chi connectivity index (χ2n) is 4.67. The van der Waals surface area contributed by atoms with Crippen LogP contribution >= 0.6 is 0 Å². The lowest BCUT2D eigenvalue weighted by Gasteiger charge is -2.27. The van der Waals surface area contributed by atoms with E-state index in [2.05, 4.69) is 17.6 Å². The van der Waals surface area contributed by atoms with Crippen molar-refractivity contribution >= 4 is 5.91 Å². The van der Waals surface area contributed by atoms with Gasteiger partial charge in [0.05, 0.1) is 6.42 Å². The summed E-state index contributed by atoms with van der Waals surface area (Å²) in [6.45, 7) is 3.38. The molecule has 6 heteroatoms. The number of carbonyl (C=O) groups excluding carboxylic acids is 1. The van der Waals surface area contributed by atoms with E-state index in [0.717, 1.165) is 19.4 Å². The van der Waals surface area contributed by atoms with Crippen molar-refractivity contribution in [2.75, 3.05) is 13.1 Å². The molecular weight excluding hydrogens is 233 g/mol. The number of amides is 1. The van der Waals surface area contributed by atoms with Crippen molar-refractivity contribution in [3.63, 3.8) is 0 Å². The Kier molecular flexibility index (Phi) is 5.24. The van der Waals surface area contributed by atoms with Crippen LogP contribution < -0.4 is 10.6 Å². The van der Waals surface area contributed by atoms with Crippen LogP contribution in [0.3, 0.4) is 0 Å². The number of piperidine rings is 1. The van der Waals surface area contributed by atoms with Gasteiger partial charge in [-0.2, -0.15) is 13.2 Å². The fourth-order valence-electron chi connectivity index (χ4n) is 1.83. The third-order valence-corrected chi connectivity index (χ3v) is 2.99. The van der Waals surface area contributed by atoms with Crippen LogP contribution in [0, 0.1) is 5.92 Å². The molecule has 0 saturated carbocycles. The summed E-state index contributed by atoms with van der Waals surface area (Å²) >= 11 is 0. The summed E-state index contributed by atoms with van der Waals surface area (Å²) in [5, 5.41) is 5.84. The fraction of sp³-hybridized carbons (Fsp3) is 0.909. The monoisotopic (exact) mass is 252 g/mol. The van der Waals surface area contributed by atoms with Crippen molar-refractivity contribution in [3.05, 3.63) is 0 Å². The number of nitrogens with one attached hydrogen (secondary N) is 2. The Morgan fingerprint density at radius 2 is 2.12 bits per heavy atom. The summed E-state index contributed by atoms with van der Waals surface area (Å²) in [4.78, 5) is 11.2. The van der Waals surface area contributed by atoms with Crippen LogP contribution in [0.25, 0.3) is 0 Å². The molecule has 3 nitrogen and oxygen atoms in total. The summed E-state index contributed by atoms with van der Waals surface area (Å²) in [7, 11) is 0. The zero-order valence-corrected chi connectivity index (χ0v) is 9.94. The Morgan fingerprint density at radius 3 is 2.65 bits per heavy atom. The Hall–Kier alpha value is -0.780. The Labute approximate surface area is 99.1 Å². The minimum Gasteiger partial charge on any atom is -0.356 e. The van der Waals surface area contributed by atoms with E-state index in [1.807, 2.05) is 0 Å². The van der Waals surface area contributed by atoms with Gasteiger partial charge in [0.15, 0.2) is 0 Å². The van der Waals surface area contributed by atoms with Crippen molar-refractivity contribution in [1.82, 2.24) is 10.6 Å². The molecule has 1 fully saturated rings. The number of carbonyl (C=O) groups is 1. The van der Waals surface area contributed by atoms with Gasteiger partial charge in [-0.15, -0.1) is 0 Å². The fourth-order valence-corrected chi connectivity index (χ4v) is 1.83. The molecule has 0 aromatic rings. The summed E-state index contributed by atoms with van der Waals surface area (Å²) in [5.41, 5.74) is 0. The maximum atomic E-state index is 11.9. The van der Waals surface area contributed by atoms with E-state index >= 15 is 0 Å². The average molecular weight is 252 g/mol. The molecule has 1 saturated heterocycles. The summed E-state index contributed by atoms with van der Waals surface area (Å²) < 4.78 is 35.6. The second-order valence-corrected chi connectivity index (χ2v) is 4.67. The van der Waals surface area contributed by atoms with Gasteiger partial charge in [-0.25, -0.2) is 0 Å². The molecule has 100 valence electrons. The molecule has 2 atom stereocenters. The summed E-state index contributed by atoms with van der Waals surface area (Å²) in [6, 6.07) is 0.493. The first-order valence-electron chi connectivity index (χ1n) is 5.93. The Balaban J connectivity index is 2.11. The third kappa shape index (κ3) is 6.51. The molecule has 2 N–H and O–H groups in total. The highest BCUT2D eigenvalue weighted by molar-refractivity contribution is 5.75. The van der Waals surface area contributed by atoms with E-state index in [4.69, 9.17) is 0 Å². The molecule has 1 aliphatic heterocycles. The minimum atomic E-state index is -4.25. The number of alkyl halides is 3. The van der Waals surface area contributed by atoms with Gasteiger partial charge in [-0.3, -0.25) is 4.79 Å². The van der Waals surface area contributed by atoms with Gasteiger partial charge in [-0.1, -0.05) is 0 Å². The van der Waals surface area contributed by atoms with Crippen molar-refractivity contribution in [2.24, 2.45) is 5.92 Å². The van der Waals surface area contributed by atoms with Crippen LogP contribution in [0.4, 0.5) is 13.2 Å². The molecule has 1 heterocycles. The molecule has 1 rings (SSSR count). The summed E-state index contributed by atoms with van der Waals surface area (Å²) in [5.74, 6) is -0.179. The minimum absolute atomic E-state index is 0.334. The highest BCUT2D eigenvalue weighted by atomic mass is 19.4. The van der Waals surface area contributed by atoms with Crippen molar-refractivity contribution in [1.29, 1.82) is 0 Å². The lowest BCUT2D eigenvalue weighted by atomic mass is 9.95. The van der Waals surface area contributed by atoms with Gasteiger partial charge in [0.2, 0.25) is 5.91 Å². The van der Waals surface area contributed by atoms with E-state index < -0.39 is 24.9 Å². The van der Waals surface area contributed by atoms with Crippen LogP contribution in [0.1, 0.15) is 32.6 Å². The van der Waals surface area contributed by atoms with E-state index in [1.165, 1.54) is 0 Å². The van der Waals surface area contributed by atoms with Gasteiger partial charge in [0.1, 0.15) is 0 Å². The number of hydrogen-bond donors (Lipinski definition) is 2. The van der Waals surface area contributed by atoms with Gasteiger partial charge in [0.25, 0.3) is 0 Å². The van der Waals surface area contributed by atoms with Crippen LogP contribution in [0.15, 0.2) is 0 Å².